The van der Waals surface area contributed by atoms with Crippen molar-refractivity contribution in [2.24, 2.45) is 5.73 Å². The lowest BCUT2D eigenvalue weighted by molar-refractivity contribution is 1.62. The summed E-state index contributed by atoms with van der Waals surface area (Å²) in [6, 6.07) is 9.90. The standard InChI is InChI=1S/C10H9N/c11-9-5-4-8-10-6-2-1-3-7-10/h1-3,6-9H,11H2. The van der Waals surface area contributed by atoms with Gasteiger partial charge in [-0.3, -0.25) is 0 Å². The van der Waals surface area contributed by atoms with Crippen LogP contribution in [-0.4, -0.2) is 0 Å². The first-order valence-electron chi connectivity index (χ1n) is 3.36. The summed E-state index contributed by atoms with van der Waals surface area (Å²) < 4.78 is 0. The molecule has 0 spiro atoms. The maximum atomic E-state index is 5.07. The zero-order valence-corrected chi connectivity index (χ0v) is 6.12. The first kappa shape index (κ1) is 7.43. The van der Waals surface area contributed by atoms with Gasteiger partial charge in [0.15, 0.2) is 0 Å². The summed E-state index contributed by atoms with van der Waals surface area (Å²) in [5.41, 5.74) is 11.6. The molecule has 0 aliphatic rings. The lowest BCUT2D eigenvalue weighted by Crippen LogP contribution is -1.69. The average molecular weight is 143 g/mol. The van der Waals surface area contributed by atoms with E-state index in [1.807, 2.05) is 36.4 Å². The lowest BCUT2D eigenvalue weighted by Gasteiger charge is -1.85. The third kappa shape index (κ3) is 2.59. The predicted molar refractivity (Wildman–Crippen MR) is 46.7 cm³/mol. The molecule has 0 fully saturated rings. The first-order chi connectivity index (χ1) is 5.43. The van der Waals surface area contributed by atoms with Gasteiger partial charge in [-0.15, -0.1) is 0 Å². The topological polar surface area (TPSA) is 26.0 Å². The van der Waals surface area contributed by atoms with Crippen LogP contribution in [0.5, 0.6) is 0 Å². The van der Waals surface area contributed by atoms with Gasteiger partial charge in [-0.2, -0.15) is 0 Å². The smallest absolute Gasteiger partial charge is 0.0456 e. The second-order valence-corrected chi connectivity index (χ2v) is 2.01. The minimum Gasteiger partial charge on any atom is -0.398 e. The van der Waals surface area contributed by atoms with Crippen molar-refractivity contribution in [3.05, 3.63) is 53.6 Å². The molecule has 0 aliphatic carbocycles. The summed E-state index contributed by atoms with van der Waals surface area (Å²) >= 11 is 0. The van der Waals surface area contributed by atoms with Gasteiger partial charge in [0.1, 0.15) is 0 Å². The molecule has 1 aromatic rings. The van der Waals surface area contributed by atoms with E-state index in [4.69, 9.17) is 5.73 Å². The quantitative estimate of drug-likeness (QED) is 0.597. The van der Waals surface area contributed by atoms with Gasteiger partial charge in [0.2, 0.25) is 0 Å². The number of hydrogen-bond donors (Lipinski definition) is 1. The summed E-state index contributed by atoms with van der Waals surface area (Å²) in [6.07, 6.45) is 3.16. The zero-order valence-electron chi connectivity index (χ0n) is 6.12. The molecule has 11 heavy (non-hydrogen) atoms. The number of nitrogens with two attached hydrogens (primary N) is 1. The first-order valence-corrected chi connectivity index (χ1v) is 3.36. The molecule has 0 saturated heterocycles. The molecule has 1 heteroatoms. The Morgan fingerprint density at radius 2 is 1.82 bits per heavy atom. The van der Waals surface area contributed by atoms with Crippen LogP contribution in [0.15, 0.2) is 48.0 Å². The largest absolute Gasteiger partial charge is 0.398 e. The Bertz CT molecular complexity index is 299. The highest BCUT2D eigenvalue weighted by atomic mass is 14.5. The van der Waals surface area contributed by atoms with Crippen LogP contribution in [0.1, 0.15) is 5.56 Å². The van der Waals surface area contributed by atoms with Crippen molar-refractivity contribution in [2.45, 2.75) is 0 Å². The zero-order chi connectivity index (χ0) is 7.94. The van der Waals surface area contributed by atoms with E-state index in [0.717, 1.165) is 5.56 Å². The highest BCUT2D eigenvalue weighted by Crippen LogP contribution is 1.98. The summed E-state index contributed by atoms with van der Waals surface area (Å²) in [4.78, 5) is 0. The van der Waals surface area contributed by atoms with E-state index >= 15 is 0 Å². The van der Waals surface area contributed by atoms with Gasteiger partial charge in [-0.05, 0) is 11.6 Å². The predicted octanol–water partition coefficient (Wildman–Crippen LogP) is 1.93. The molecular weight excluding hydrogens is 134 g/mol. The van der Waals surface area contributed by atoms with Gasteiger partial charge < -0.3 is 5.73 Å². The fourth-order valence-electron chi connectivity index (χ4n) is 0.722. The van der Waals surface area contributed by atoms with E-state index in [2.05, 4.69) is 11.5 Å². The van der Waals surface area contributed by atoms with Crippen LogP contribution in [0, 0.1) is 0 Å². The molecular formula is C10H9N. The average Bonchev–Trinajstić information content (AvgIpc) is 2.07. The van der Waals surface area contributed by atoms with Crippen LogP contribution < -0.4 is 5.73 Å². The van der Waals surface area contributed by atoms with E-state index in [-0.39, 0.29) is 0 Å². The second kappa shape index (κ2) is 4.19. The highest BCUT2D eigenvalue weighted by Gasteiger charge is 1.78. The van der Waals surface area contributed by atoms with E-state index in [1.54, 1.807) is 0 Å². The molecule has 0 amide bonds. The summed E-state index contributed by atoms with van der Waals surface area (Å²) in [7, 11) is 0. The van der Waals surface area contributed by atoms with E-state index in [0.29, 0.717) is 0 Å². The summed E-state index contributed by atoms with van der Waals surface area (Å²) in [6.45, 7) is 0. The molecule has 0 saturated carbocycles. The molecule has 1 rings (SSSR count). The highest BCUT2D eigenvalue weighted by molar-refractivity contribution is 5.47. The van der Waals surface area contributed by atoms with Crippen molar-refractivity contribution in [1.29, 1.82) is 0 Å². The molecule has 0 radical (unpaired) electrons. The minimum atomic E-state index is 1.10. The van der Waals surface area contributed by atoms with Crippen LogP contribution in [-0.2, 0) is 0 Å². The van der Waals surface area contributed by atoms with Gasteiger partial charge in [-0.25, -0.2) is 0 Å². The molecule has 54 valence electrons. The molecule has 0 aromatic heterocycles. The van der Waals surface area contributed by atoms with Crippen molar-refractivity contribution in [3.8, 4) is 0 Å². The van der Waals surface area contributed by atoms with Crippen molar-refractivity contribution >= 4 is 6.08 Å². The van der Waals surface area contributed by atoms with Crippen LogP contribution in [0.4, 0.5) is 0 Å². The maximum Gasteiger partial charge on any atom is 0.0456 e. The fourth-order valence-corrected chi connectivity index (χ4v) is 0.722. The van der Waals surface area contributed by atoms with Gasteiger partial charge in [0, 0.05) is 6.20 Å². The number of rotatable bonds is 1. The Kier molecular flexibility index (Phi) is 2.83. The van der Waals surface area contributed by atoms with Gasteiger partial charge in [-0.1, -0.05) is 41.8 Å². The Morgan fingerprint density at radius 3 is 2.45 bits per heavy atom. The third-order valence-corrected chi connectivity index (χ3v) is 1.21. The number of hydrogen-bond acceptors (Lipinski definition) is 1. The Morgan fingerprint density at radius 1 is 1.09 bits per heavy atom. The molecule has 0 atom stereocenters. The van der Waals surface area contributed by atoms with Gasteiger partial charge >= 0.3 is 0 Å². The van der Waals surface area contributed by atoms with Gasteiger partial charge in [0.25, 0.3) is 0 Å². The van der Waals surface area contributed by atoms with Crippen molar-refractivity contribution in [1.82, 2.24) is 0 Å². The Labute approximate surface area is 66.2 Å². The van der Waals surface area contributed by atoms with Crippen molar-refractivity contribution < 1.29 is 0 Å². The van der Waals surface area contributed by atoms with E-state index in [1.165, 1.54) is 6.20 Å². The SMILES string of the molecule is NC=C=C=Cc1ccccc1. The lowest BCUT2D eigenvalue weighted by atomic mass is 10.2. The maximum absolute atomic E-state index is 5.07. The molecule has 2 N–H and O–H groups in total. The van der Waals surface area contributed by atoms with Crippen LogP contribution >= 0.6 is 0 Å². The van der Waals surface area contributed by atoms with Crippen LogP contribution in [0.2, 0.25) is 0 Å². The summed E-state index contributed by atoms with van der Waals surface area (Å²) in [5.74, 6) is 0. The van der Waals surface area contributed by atoms with Crippen LogP contribution in [0.3, 0.4) is 0 Å². The molecule has 0 heterocycles. The molecule has 0 aliphatic heterocycles. The Hall–Kier alpha value is -1.68. The normalized spacial score (nSPS) is 7.64. The van der Waals surface area contributed by atoms with E-state index in [9.17, 15) is 0 Å². The third-order valence-electron chi connectivity index (χ3n) is 1.21. The molecule has 0 unspecified atom stereocenters. The fraction of sp³-hybridized carbons (Fsp3) is 0. The van der Waals surface area contributed by atoms with Crippen LogP contribution in [0.25, 0.3) is 6.08 Å². The van der Waals surface area contributed by atoms with E-state index < -0.39 is 0 Å². The minimum absolute atomic E-state index is 1.10. The summed E-state index contributed by atoms with van der Waals surface area (Å²) in [5, 5.41) is 0. The van der Waals surface area contributed by atoms with Crippen molar-refractivity contribution in [2.75, 3.05) is 0 Å². The molecule has 1 nitrogen and oxygen atoms in total. The Balaban J connectivity index is 2.89. The molecule has 0 bridgehead atoms. The van der Waals surface area contributed by atoms with Crippen molar-refractivity contribution in [3.63, 3.8) is 0 Å². The van der Waals surface area contributed by atoms with Gasteiger partial charge in [0.05, 0.1) is 0 Å². The number of benzene rings is 1. The second-order valence-electron chi connectivity index (χ2n) is 2.01. The molecule has 1 aromatic carbocycles. The monoisotopic (exact) mass is 143 g/mol.